The average molecular weight is 735 g/mol. The third-order valence-corrected chi connectivity index (χ3v) is 13.7. The van der Waals surface area contributed by atoms with Crippen molar-refractivity contribution in [2.24, 2.45) is 0 Å². The number of hydrogen-bond acceptors (Lipinski definition) is 3. The zero-order chi connectivity index (χ0) is 36.0. The van der Waals surface area contributed by atoms with E-state index in [0.717, 1.165) is 28.1 Å². The van der Waals surface area contributed by atoms with Crippen LogP contribution < -0.4 is 0 Å². The van der Waals surface area contributed by atoms with Crippen LogP contribution in [0, 0.1) is 0 Å². The van der Waals surface area contributed by atoms with Gasteiger partial charge in [0.05, 0.1) is 16.7 Å². The first-order valence-electron chi connectivity index (χ1n) is 18.6. The highest BCUT2D eigenvalue weighted by molar-refractivity contribution is 7.26. The minimum absolute atomic E-state index is 0.935. The lowest BCUT2D eigenvalue weighted by molar-refractivity contribution is 1.13. The van der Waals surface area contributed by atoms with E-state index in [0.29, 0.717) is 0 Å². The van der Waals surface area contributed by atoms with Gasteiger partial charge < -0.3 is 0 Å². The van der Waals surface area contributed by atoms with Crippen molar-refractivity contribution in [1.82, 2.24) is 9.55 Å². The fourth-order valence-corrected chi connectivity index (χ4v) is 11.3. The number of para-hydroxylation sites is 2. The third-order valence-electron chi connectivity index (χ3n) is 11.2. The van der Waals surface area contributed by atoms with Crippen LogP contribution in [-0.4, -0.2) is 9.55 Å². The minimum atomic E-state index is 0.935. The van der Waals surface area contributed by atoms with Crippen LogP contribution in [-0.2, 0) is 0 Å². The van der Waals surface area contributed by atoms with Crippen molar-refractivity contribution in [1.29, 1.82) is 0 Å². The molecule has 3 aromatic heterocycles. The van der Waals surface area contributed by atoms with Crippen LogP contribution in [0.15, 0.2) is 182 Å². The van der Waals surface area contributed by atoms with Crippen molar-refractivity contribution in [3.63, 3.8) is 0 Å². The van der Waals surface area contributed by atoms with Gasteiger partial charge in [-0.15, -0.1) is 22.7 Å². The number of fused-ring (bicyclic) bond motifs is 9. The van der Waals surface area contributed by atoms with Crippen LogP contribution in [0.1, 0.15) is 0 Å². The molecular weight excluding hydrogens is 705 g/mol. The summed E-state index contributed by atoms with van der Waals surface area (Å²) in [5.74, 6) is 0.935. The number of thiophene rings is 2. The standard InChI is InChI=1S/C51H30N2S2/c1-2-14-31(15-3-1)51-52-44-26-6-7-27-45(44)53(51)48-36-20-10-18-32(38-22-12-24-40-34-16-4-8-28-46(34)54-49(38)40)42(36)30-43-33(19-11-21-37(43)48)39-23-13-25-41-35-17-5-9-29-47(35)55-50(39)41/h1-30H. The van der Waals surface area contributed by atoms with E-state index in [9.17, 15) is 0 Å². The number of rotatable bonds is 4. The molecule has 0 fully saturated rings. The van der Waals surface area contributed by atoms with Crippen LogP contribution in [0.3, 0.4) is 0 Å². The van der Waals surface area contributed by atoms with Gasteiger partial charge in [-0.1, -0.05) is 152 Å². The van der Waals surface area contributed by atoms with Gasteiger partial charge in [0.25, 0.3) is 0 Å². The van der Waals surface area contributed by atoms with E-state index in [1.807, 2.05) is 22.7 Å². The number of hydrogen-bond donors (Lipinski definition) is 0. The average Bonchev–Trinajstić information content (AvgIpc) is 3.94. The van der Waals surface area contributed by atoms with Crippen molar-refractivity contribution in [2.45, 2.75) is 0 Å². The molecule has 2 nitrogen and oxygen atoms in total. The summed E-state index contributed by atoms with van der Waals surface area (Å²) >= 11 is 3.78. The molecular formula is C51H30N2S2. The molecule has 256 valence electrons. The zero-order valence-electron chi connectivity index (χ0n) is 29.5. The van der Waals surface area contributed by atoms with Gasteiger partial charge in [0, 0.05) is 67.8 Å². The summed E-state index contributed by atoms with van der Waals surface area (Å²) in [4.78, 5) is 5.33. The molecule has 0 bridgehead atoms. The van der Waals surface area contributed by atoms with E-state index in [1.54, 1.807) is 0 Å². The Bertz CT molecular complexity index is 3320. The molecule has 0 aliphatic heterocycles. The summed E-state index contributed by atoms with van der Waals surface area (Å²) in [7, 11) is 0. The molecule has 0 spiro atoms. The molecule has 0 atom stereocenters. The molecule has 0 radical (unpaired) electrons. The number of imidazole rings is 1. The smallest absolute Gasteiger partial charge is 0.145 e. The second-order valence-electron chi connectivity index (χ2n) is 14.2. The van der Waals surface area contributed by atoms with E-state index < -0.39 is 0 Å². The number of benzene rings is 9. The first-order valence-corrected chi connectivity index (χ1v) is 20.3. The Morgan fingerprint density at radius 2 is 0.836 bits per heavy atom. The first-order chi connectivity index (χ1) is 27.3. The summed E-state index contributed by atoms with van der Waals surface area (Å²) in [5.41, 5.74) is 9.29. The third kappa shape index (κ3) is 4.56. The predicted octanol–water partition coefficient (Wildman–Crippen LogP) is 15.1. The zero-order valence-corrected chi connectivity index (χ0v) is 31.2. The van der Waals surface area contributed by atoms with E-state index in [2.05, 4.69) is 187 Å². The molecule has 0 N–H and O–H groups in total. The largest absolute Gasteiger partial charge is 0.291 e. The van der Waals surface area contributed by atoms with Gasteiger partial charge in [-0.2, -0.15) is 0 Å². The van der Waals surface area contributed by atoms with Crippen molar-refractivity contribution >= 4 is 95.6 Å². The van der Waals surface area contributed by atoms with E-state index in [4.69, 9.17) is 4.98 Å². The van der Waals surface area contributed by atoms with Crippen molar-refractivity contribution in [3.8, 4) is 39.3 Å². The topological polar surface area (TPSA) is 17.8 Å². The Hall–Kier alpha value is -6.59. The fourth-order valence-electron chi connectivity index (χ4n) is 8.81. The SMILES string of the molecule is c1ccc(-c2nc3ccccc3n2-c2c3cccc(-c4cccc5c4sc4ccccc45)c3cc3c(-c4cccc5c4sc4ccccc45)cccc23)cc1. The van der Waals surface area contributed by atoms with Crippen LogP contribution in [0.4, 0.5) is 0 Å². The lowest BCUT2D eigenvalue weighted by atomic mass is 9.90. The maximum absolute atomic E-state index is 5.33. The monoisotopic (exact) mass is 734 g/mol. The quantitative estimate of drug-likeness (QED) is 0.165. The first kappa shape index (κ1) is 30.8. The summed E-state index contributed by atoms with van der Waals surface area (Å²) in [6, 6.07) is 66.6. The molecule has 0 aliphatic rings. The maximum Gasteiger partial charge on any atom is 0.145 e. The molecule has 0 saturated heterocycles. The molecule has 55 heavy (non-hydrogen) atoms. The Morgan fingerprint density at radius 1 is 0.364 bits per heavy atom. The molecule has 4 heteroatoms. The minimum Gasteiger partial charge on any atom is -0.291 e. The Balaban J connectivity index is 1.26. The maximum atomic E-state index is 5.33. The van der Waals surface area contributed by atoms with Crippen LogP contribution in [0.2, 0.25) is 0 Å². The van der Waals surface area contributed by atoms with Gasteiger partial charge >= 0.3 is 0 Å². The Kier molecular flexibility index (Phi) is 6.70. The lowest BCUT2D eigenvalue weighted by Gasteiger charge is -2.20. The van der Waals surface area contributed by atoms with Crippen LogP contribution in [0.25, 0.3) is 112 Å². The second kappa shape index (κ2) is 12.0. The van der Waals surface area contributed by atoms with Gasteiger partial charge in [0.2, 0.25) is 0 Å². The molecule has 0 saturated carbocycles. The van der Waals surface area contributed by atoms with Gasteiger partial charge in [0.15, 0.2) is 0 Å². The van der Waals surface area contributed by atoms with Crippen LogP contribution >= 0.6 is 22.7 Å². The highest BCUT2D eigenvalue weighted by atomic mass is 32.1. The highest BCUT2D eigenvalue weighted by Crippen LogP contribution is 2.48. The van der Waals surface area contributed by atoms with Crippen LogP contribution in [0.5, 0.6) is 0 Å². The summed E-state index contributed by atoms with van der Waals surface area (Å²) < 4.78 is 7.68. The highest BCUT2D eigenvalue weighted by Gasteiger charge is 2.23. The van der Waals surface area contributed by atoms with Gasteiger partial charge in [-0.05, 0) is 52.2 Å². The summed E-state index contributed by atoms with van der Waals surface area (Å²) in [6.07, 6.45) is 0. The molecule has 0 aliphatic carbocycles. The Morgan fingerprint density at radius 3 is 1.44 bits per heavy atom. The van der Waals surface area contributed by atoms with E-state index >= 15 is 0 Å². The second-order valence-corrected chi connectivity index (χ2v) is 16.3. The van der Waals surface area contributed by atoms with Crippen molar-refractivity contribution in [2.75, 3.05) is 0 Å². The Labute approximate surface area is 324 Å². The summed E-state index contributed by atoms with van der Waals surface area (Å²) in [5, 5.41) is 10.1. The fraction of sp³-hybridized carbons (Fsp3) is 0. The van der Waals surface area contributed by atoms with Gasteiger partial charge in [-0.25, -0.2) is 4.98 Å². The molecule has 12 aromatic rings. The molecule has 3 heterocycles. The molecule has 0 unspecified atom stereocenters. The number of nitrogens with zero attached hydrogens (tertiary/aromatic N) is 2. The van der Waals surface area contributed by atoms with Gasteiger partial charge in [0.1, 0.15) is 5.82 Å². The summed E-state index contributed by atoms with van der Waals surface area (Å²) in [6.45, 7) is 0. The van der Waals surface area contributed by atoms with Crippen molar-refractivity contribution < 1.29 is 0 Å². The molecule has 0 amide bonds. The normalized spacial score (nSPS) is 12.0. The molecule has 12 rings (SSSR count). The van der Waals surface area contributed by atoms with E-state index in [1.165, 1.54) is 84.1 Å². The van der Waals surface area contributed by atoms with Crippen molar-refractivity contribution in [3.05, 3.63) is 182 Å². The lowest BCUT2D eigenvalue weighted by Crippen LogP contribution is -2.01. The van der Waals surface area contributed by atoms with Gasteiger partial charge in [-0.3, -0.25) is 4.57 Å². The number of aromatic nitrogens is 2. The predicted molar refractivity (Wildman–Crippen MR) is 238 cm³/mol. The van der Waals surface area contributed by atoms with E-state index in [-0.39, 0.29) is 0 Å². The molecule has 9 aromatic carbocycles.